The van der Waals surface area contributed by atoms with Gasteiger partial charge in [0.1, 0.15) is 6.61 Å². The molecule has 1 aliphatic heterocycles. The molecule has 1 saturated heterocycles. The van der Waals surface area contributed by atoms with Crippen molar-refractivity contribution in [2.24, 2.45) is 5.92 Å². The van der Waals surface area contributed by atoms with E-state index in [1.807, 2.05) is 30.3 Å². The molecule has 1 N–H and O–H groups in total. The van der Waals surface area contributed by atoms with Gasteiger partial charge in [0.05, 0.1) is 6.54 Å². The standard InChI is InChI=1S/C21H24N6O3/c1-15(28)26-12-9-17(10-13-26)21(29)22-11-14-30-19-8-7-18-23-24-20(27(18)25-19)16-5-3-2-4-6-16/h2-8,17H,9-14H2,1H3,(H,22,29). The van der Waals surface area contributed by atoms with Crippen molar-refractivity contribution in [1.82, 2.24) is 30.0 Å². The minimum absolute atomic E-state index is 0.00962. The first-order chi connectivity index (χ1) is 14.6. The SMILES string of the molecule is CC(=O)N1CCC(C(=O)NCCOc2ccc3nnc(-c4ccccc4)n3n2)CC1. The van der Waals surface area contributed by atoms with Crippen LogP contribution in [-0.4, -0.2) is 62.8 Å². The van der Waals surface area contributed by atoms with Gasteiger partial charge in [-0.25, -0.2) is 0 Å². The smallest absolute Gasteiger partial charge is 0.231 e. The monoisotopic (exact) mass is 408 g/mol. The Balaban J connectivity index is 1.29. The summed E-state index contributed by atoms with van der Waals surface area (Å²) in [6.07, 6.45) is 1.39. The number of nitrogens with one attached hydrogen (secondary N) is 1. The van der Waals surface area contributed by atoms with E-state index < -0.39 is 0 Å². The number of rotatable bonds is 6. The zero-order valence-electron chi connectivity index (χ0n) is 16.8. The molecule has 2 aromatic heterocycles. The molecule has 0 radical (unpaired) electrons. The topological polar surface area (TPSA) is 102 Å². The normalized spacial score (nSPS) is 14.6. The molecular formula is C21H24N6O3. The van der Waals surface area contributed by atoms with Crippen LogP contribution >= 0.6 is 0 Å². The number of fused-ring (bicyclic) bond motifs is 1. The molecule has 3 aromatic rings. The molecule has 3 heterocycles. The van der Waals surface area contributed by atoms with Gasteiger partial charge >= 0.3 is 0 Å². The molecule has 1 aromatic carbocycles. The molecule has 0 unspecified atom stereocenters. The van der Waals surface area contributed by atoms with Crippen LogP contribution in [0, 0.1) is 5.92 Å². The number of benzene rings is 1. The van der Waals surface area contributed by atoms with Crippen LogP contribution in [0.5, 0.6) is 5.88 Å². The second kappa shape index (κ2) is 8.89. The molecule has 4 rings (SSSR count). The predicted molar refractivity (Wildman–Crippen MR) is 110 cm³/mol. The number of piperidine rings is 1. The van der Waals surface area contributed by atoms with Gasteiger partial charge in [-0.1, -0.05) is 30.3 Å². The molecule has 0 atom stereocenters. The Labute approximate surface area is 174 Å². The van der Waals surface area contributed by atoms with Gasteiger partial charge in [0.2, 0.25) is 17.7 Å². The first-order valence-corrected chi connectivity index (χ1v) is 10.1. The van der Waals surface area contributed by atoms with Gasteiger partial charge in [-0.15, -0.1) is 15.3 Å². The van der Waals surface area contributed by atoms with E-state index in [0.717, 1.165) is 5.56 Å². The van der Waals surface area contributed by atoms with Crippen molar-refractivity contribution in [3.05, 3.63) is 42.5 Å². The molecule has 0 saturated carbocycles. The summed E-state index contributed by atoms with van der Waals surface area (Å²) in [6, 6.07) is 13.2. The largest absolute Gasteiger partial charge is 0.475 e. The van der Waals surface area contributed by atoms with Crippen LogP contribution in [0.15, 0.2) is 42.5 Å². The summed E-state index contributed by atoms with van der Waals surface area (Å²) in [6.45, 7) is 3.53. The average molecular weight is 408 g/mol. The van der Waals surface area contributed by atoms with E-state index in [4.69, 9.17) is 4.74 Å². The Hall–Kier alpha value is -3.49. The highest BCUT2D eigenvalue weighted by Crippen LogP contribution is 2.19. The lowest BCUT2D eigenvalue weighted by Crippen LogP contribution is -2.42. The summed E-state index contributed by atoms with van der Waals surface area (Å²) < 4.78 is 7.35. The Morgan fingerprint density at radius 3 is 2.60 bits per heavy atom. The summed E-state index contributed by atoms with van der Waals surface area (Å²) in [7, 11) is 0. The lowest BCUT2D eigenvalue weighted by molar-refractivity contribution is -0.133. The van der Waals surface area contributed by atoms with Crippen LogP contribution < -0.4 is 10.1 Å². The fraction of sp³-hybridized carbons (Fsp3) is 0.381. The number of carbonyl (C=O) groups excluding carboxylic acids is 2. The van der Waals surface area contributed by atoms with Crippen LogP contribution in [-0.2, 0) is 9.59 Å². The van der Waals surface area contributed by atoms with Crippen LogP contribution in [0.25, 0.3) is 17.0 Å². The molecule has 30 heavy (non-hydrogen) atoms. The van der Waals surface area contributed by atoms with Gasteiger partial charge in [0.25, 0.3) is 0 Å². The van der Waals surface area contributed by atoms with Crippen LogP contribution in [0.1, 0.15) is 19.8 Å². The Morgan fingerprint density at radius 2 is 1.87 bits per heavy atom. The van der Waals surface area contributed by atoms with Gasteiger partial charge in [-0.05, 0) is 18.9 Å². The van der Waals surface area contributed by atoms with Gasteiger partial charge in [0.15, 0.2) is 11.5 Å². The van der Waals surface area contributed by atoms with Crippen molar-refractivity contribution in [2.75, 3.05) is 26.2 Å². The van der Waals surface area contributed by atoms with Gasteiger partial charge in [-0.3, -0.25) is 9.59 Å². The van der Waals surface area contributed by atoms with Crippen LogP contribution in [0.4, 0.5) is 0 Å². The number of ether oxygens (including phenoxy) is 1. The van der Waals surface area contributed by atoms with Gasteiger partial charge in [0, 0.05) is 37.6 Å². The number of amides is 2. The summed E-state index contributed by atoms with van der Waals surface area (Å²) in [5.74, 6) is 1.09. The third kappa shape index (κ3) is 4.40. The fourth-order valence-electron chi connectivity index (χ4n) is 3.55. The lowest BCUT2D eigenvalue weighted by Gasteiger charge is -2.30. The maximum atomic E-state index is 12.3. The predicted octanol–water partition coefficient (Wildman–Crippen LogP) is 1.54. The number of hydrogen-bond donors (Lipinski definition) is 1. The van der Waals surface area contributed by atoms with Crippen molar-refractivity contribution in [1.29, 1.82) is 0 Å². The van der Waals surface area contributed by atoms with Crippen LogP contribution in [0.3, 0.4) is 0 Å². The maximum absolute atomic E-state index is 12.3. The van der Waals surface area contributed by atoms with E-state index in [0.29, 0.717) is 56.4 Å². The number of aromatic nitrogens is 4. The van der Waals surface area contributed by atoms with E-state index in [-0.39, 0.29) is 17.7 Å². The fourth-order valence-corrected chi connectivity index (χ4v) is 3.55. The first kappa shape index (κ1) is 19.8. The molecule has 1 fully saturated rings. The highest BCUT2D eigenvalue weighted by atomic mass is 16.5. The zero-order chi connectivity index (χ0) is 20.9. The third-order valence-corrected chi connectivity index (χ3v) is 5.23. The lowest BCUT2D eigenvalue weighted by atomic mass is 9.96. The average Bonchev–Trinajstić information content (AvgIpc) is 3.20. The van der Waals surface area contributed by atoms with E-state index in [9.17, 15) is 9.59 Å². The molecule has 2 amide bonds. The third-order valence-electron chi connectivity index (χ3n) is 5.23. The summed E-state index contributed by atoms with van der Waals surface area (Å²) in [5, 5.41) is 15.7. The second-order valence-electron chi connectivity index (χ2n) is 7.25. The molecule has 0 spiro atoms. The van der Waals surface area contributed by atoms with Crippen molar-refractivity contribution >= 4 is 17.5 Å². The quantitative estimate of drug-likeness (QED) is 0.621. The van der Waals surface area contributed by atoms with E-state index in [1.165, 1.54) is 0 Å². The maximum Gasteiger partial charge on any atom is 0.231 e. The molecule has 0 aliphatic carbocycles. The molecule has 9 nitrogen and oxygen atoms in total. The summed E-state index contributed by atoms with van der Waals surface area (Å²) in [4.78, 5) is 25.5. The minimum Gasteiger partial charge on any atom is -0.475 e. The minimum atomic E-state index is -0.0551. The number of nitrogens with zero attached hydrogens (tertiary/aromatic N) is 5. The molecule has 1 aliphatic rings. The number of carbonyl (C=O) groups is 2. The number of hydrogen-bond acceptors (Lipinski definition) is 6. The van der Waals surface area contributed by atoms with Crippen LogP contribution in [0.2, 0.25) is 0 Å². The Morgan fingerprint density at radius 1 is 1.10 bits per heavy atom. The van der Waals surface area contributed by atoms with Gasteiger partial charge in [-0.2, -0.15) is 4.52 Å². The first-order valence-electron chi connectivity index (χ1n) is 10.1. The van der Waals surface area contributed by atoms with Gasteiger partial charge < -0.3 is 15.0 Å². The van der Waals surface area contributed by atoms with Crippen molar-refractivity contribution in [3.63, 3.8) is 0 Å². The Kier molecular flexibility index (Phi) is 5.87. The van der Waals surface area contributed by atoms with E-state index in [2.05, 4.69) is 20.6 Å². The second-order valence-corrected chi connectivity index (χ2v) is 7.25. The summed E-state index contributed by atoms with van der Waals surface area (Å²) >= 11 is 0. The summed E-state index contributed by atoms with van der Waals surface area (Å²) in [5.41, 5.74) is 1.55. The van der Waals surface area contributed by atoms with E-state index in [1.54, 1.807) is 28.5 Å². The van der Waals surface area contributed by atoms with Crippen molar-refractivity contribution < 1.29 is 14.3 Å². The van der Waals surface area contributed by atoms with E-state index >= 15 is 0 Å². The highest BCUT2D eigenvalue weighted by molar-refractivity contribution is 5.79. The number of likely N-dealkylation sites (tertiary alicyclic amines) is 1. The van der Waals surface area contributed by atoms with Crippen molar-refractivity contribution in [3.8, 4) is 17.3 Å². The molecule has 156 valence electrons. The molecule has 9 heteroatoms. The van der Waals surface area contributed by atoms with Crippen molar-refractivity contribution in [2.45, 2.75) is 19.8 Å². The molecule has 0 bridgehead atoms. The molecular weight excluding hydrogens is 384 g/mol. The highest BCUT2D eigenvalue weighted by Gasteiger charge is 2.25. The Bertz CT molecular complexity index is 1030. The zero-order valence-corrected chi connectivity index (χ0v) is 16.8.